The van der Waals surface area contributed by atoms with Crippen LogP contribution in [0.3, 0.4) is 0 Å². The van der Waals surface area contributed by atoms with Gasteiger partial charge in [0, 0.05) is 74.6 Å². The number of likely N-dealkylation sites (N-methyl/N-ethyl adjacent to an activating group) is 1. The summed E-state index contributed by atoms with van der Waals surface area (Å²) in [6.07, 6.45) is 6.32. The second kappa shape index (κ2) is 8.90. The number of hydrogen-bond acceptors (Lipinski definition) is 5. The van der Waals surface area contributed by atoms with E-state index < -0.39 is 0 Å². The highest BCUT2D eigenvalue weighted by atomic mass is 16.2. The molecule has 5 rings (SSSR count). The lowest BCUT2D eigenvalue weighted by Gasteiger charge is -2.33. The Kier molecular flexibility index (Phi) is 5.83. The molecular weight excluding hydrogens is 400 g/mol. The molecule has 0 unspecified atom stereocenters. The highest BCUT2D eigenvalue weighted by Crippen LogP contribution is 2.30. The Hall–Kier alpha value is -2.93. The van der Waals surface area contributed by atoms with E-state index in [0.29, 0.717) is 13.0 Å². The SMILES string of the molecule is CNc1nc([C@@H]2CCCN(C(=O)CCc3c[nH]c4ccccc34)C2)nc2c1CN(C)CC2. The number of likely N-dealkylation sites (tertiary alicyclic amines) is 1. The molecule has 2 aromatic heterocycles. The number of rotatable bonds is 5. The maximum absolute atomic E-state index is 13.1. The highest BCUT2D eigenvalue weighted by Gasteiger charge is 2.29. The number of fused-ring (bicyclic) bond motifs is 2. The highest BCUT2D eigenvalue weighted by molar-refractivity contribution is 5.84. The van der Waals surface area contributed by atoms with Crippen molar-refractivity contribution in [2.45, 2.75) is 44.6 Å². The summed E-state index contributed by atoms with van der Waals surface area (Å²) in [5.74, 6) is 2.28. The molecular formula is C25H32N6O. The Morgan fingerprint density at radius 2 is 2.12 bits per heavy atom. The fourth-order valence-corrected chi connectivity index (χ4v) is 5.11. The lowest BCUT2D eigenvalue weighted by atomic mass is 9.95. The summed E-state index contributed by atoms with van der Waals surface area (Å²) in [4.78, 5) is 30.6. The van der Waals surface area contributed by atoms with Crippen LogP contribution in [0.25, 0.3) is 10.9 Å². The summed E-state index contributed by atoms with van der Waals surface area (Å²) in [7, 11) is 4.07. The Bertz CT molecular complexity index is 1110. The predicted octanol–water partition coefficient (Wildman–Crippen LogP) is 3.33. The molecule has 0 bridgehead atoms. The normalized spacial score (nSPS) is 19.2. The van der Waals surface area contributed by atoms with Gasteiger partial charge in [-0.3, -0.25) is 4.79 Å². The molecule has 168 valence electrons. The molecule has 2 aliphatic rings. The van der Waals surface area contributed by atoms with Crippen LogP contribution in [0.5, 0.6) is 0 Å². The zero-order valence-corrected chi connectivity index (χ0v) is 19.0. The first-order valence-electron chi connectivity index (χ1n) is 11.7. The first-order valence-corrected chi connectivity index (χ1v) is 11.7. The number of H-pyrrole nitrogens is 1. The van der Waals surface area contributed by atoms with Crippen molar-refractivity contribution in [2.24, 2.45) is 0 Å². The van der Waals surface area contributed by atoms with Crippen LogP contribution in [-0.4, -0.2) is 64.4 Å². The van der Waals surface area contributed by atoms with Gasteiger partial charge in [-0.15, -0.1) is 0 Å². The molecule has 1 fully saturated rings. The van der Waals surface area contributed by atoms with E-state index in [1.165, 1.54) is 22.2 Å². The number of carbonyl (C=O) groups is 1. The number of para-hydroxylation sites is 1. The van der Waals surface area contributed by atoms with Gasteiger partial charge < -0.3 is 20.1 Å². The minimum Gasteiger partial charge on any atom is -0.373 e. The van der Waals surface area contributed by atoms with E-state index in [4.69, 9.17) is 9.97 Å². The Balaban J connectivity index is 1.27. The molecule has 0 spiro atoms. The van der Waals surface area contributed by atoms with Gasteiger partial charge in [-0.2, -0.15) is 0 Å². The molecule has 2 N–H and O–H groups in total. The van der Waals surface area contributed by atoms with Crippen LogP contribution in [0.4, 0.5) is 5.82 Å². The average Bonchev–Trinajstić information content (AvgIpc) is 3.25. The van der Waals surface area contributed by atoms with Crippen LogP contribution in [0.15, 0.2) is 30.5 Å². The minimum absolute atomic E-state index is 0.206. The van der Waals surface area contributed by atoms with Crippen molar-refractivity contribution in [1.82, 2.24) is 24.8 Å². The second-order valence-corrected chi connectivity index (χ2v) is 9.13. The third-order valence-electron chi connectivity index (χ3n) is 6.93. The van der Waals surface area contributed by atoms with E-state index >= 15 is 0 Å². The molecule has 32 heavy (non-hydrogen) atoms. The Morgan fingerprint density at radius 1 is 1.25 bits per heavy atom. The van der Waals surface area contributed by atoms with Crippen molar-refractivity contribution in [3.63, 3.8) is 0 Å². The maximum Gasteiger partial charge on any atom is 0.222 e. The number of nitrogens with one attached hydrogen (secondary N) is 2. The van der Waals surface area contributed by atoms with Crippen molar-refractivity contribution in [2.75, 3.05) is 39.0 Å². The Labute approximate surface area is 189 Å². The van der Waals surface area contributed by atoms with E-state index in [0.717, 1.165) is 62.5 Å². The van der Waals surface area contributed by atoms with Crippen LogP contribution >= 0.6 is 0 Å². The summed E-state index contributed by atoms with van der Waals surface area (Å²) in [5, 5.41) is 4.49. The number of aromatic amines is 1. The van der Waals surface area contributed by atoms with Gasteiger partial charge in [-0.25, -0.2) is 9.97 Å². The van der Waals surface area contributed by atoms with Crippen molar-refractivity contribution in [1.29, 1.82) is 0 Å². The van der Waals surface area contributed by atoms with Crippen LogP contribution in [0.2, 0.25) is 0 Å². The van der Waals surface area contributed by atoms with E-state index in [1.54, 1.807) is 0 Å². The van der Waals surface area contributed by atoms with Gasteiger partial charge in [0.2, 0.25) is 5.91 Å². The third-order valence-corrected chi connectivity index (χ3v) is 6.93. The lowest BCUT2D eigenvalue weighted by Crippen LogP contribution is -2.40. The van der Waals surface area contributed by atoms with Crippen molar-refractivity contribution >= 4 is 22.6 Å². The number of amides is 1. The summed E-state index contributed by atoms with van der Waals surface area (Å²) in [6.45, 7) is 3.46. The molecule has 1 saturated heterocycles. The molecule has 3 aromatic rings. The molecule has 7 nitrogen and oxygen atoms in total. The summed E-state index contributed by atoms with van der Waals surface area (Å²) < 4.78 is 0. The van der Waals surface area contributed by atoms with Crippen LogP contribution in [0, 0.1) is 0 Å². The van der Waals surface area contributed by atoms with Crippen LogP contribution in [0.1, 0.15) is 47.8 Å². The lowest BCUT2D eigenvalue weighted by molar-refractivity contribution is -0.132. The number of carbonyl (C=O) groups excluding carboxylic acids is 1. The topological polar surface area (TPSA) is 77.1 Å². The van der Waals surface area contributed by atoms with Crippen molar-refractivity contribution in [3.05, 3.63) is 53.1 Å². The van der Waals surface area contributed by atoms with Crippen LogP contribution in [-0.2, 0) is 24.2 Å². The van der Waals surface area contributed by atoms with Gasteiger partial charge in [0.25, 0.3) is 0 Å². The van der Waals surface area contributed by atoms with E-state index in [1.807, 2.05) is 30.3 Å². The summed E-state index contributed by atoms with van der Waals surface area (Å²) in [6, 6.07) is 8.27. The summed E-state index contributed by atoms with van der Waals surface area (Å²) in [5.41, 5.74) is 4.72. The zero-order valence-electron chi connectivity index (χ0n) is 19.0. The number of nitrogens with zero attached hydrogens (tertiary/aromatic N) is 4. The molecule has 4 heterocycles. The molecule has 0 radical (unpaired) electrons. The van der Waals surface area contributed by atoms with Gasteiger partial charge in [-0.1, -0.05) is 18.2 Å². The van der Waals surface area contributed by atoms with Crippen LogP contribution < -0.4 is 5.32 Å². The number of hydrogen-bond donors (Lipinski definition) is 2. The standard InChI is InChI=1S/C25H32N6O/c1-26-25-20-16-30(2)13-11-22(20)28-24(29-25)18-6-5-12-31(15-18)23(32)10-9-17-14-27-21-8-4-3-7-19(17)21/h3-4,7-8,14,18,27H,5-6,9-13,15-16H2,1-2H3,(H,26,28,29)/t18-/m1/s1. The third kappa shape index (κ3) is 4.09. The van der Waals surface area contributed by atoms with Gasteiger partial charge in [-0.05, 0) is 37.9 Å². The van der Waals surface area contributed by atoms with E-state index in [2.05, 4.69) is 34.4 Å². The largest absolute Gasteiger partial charge is 0.373 e. The number of anilines is 1. The van der Waals surface area contributed by atoms with Crippen molar-refractivity contribution in [3.8, 4) is 0 Å². The molecule has 2 aliphatic heterocycles. The second-order valence-electron chi connectivity index (χ2n) is 9.13. The number of aryl methyl sites for hydroxylation is 1. The zero-order chi connectivity index (χ0) is 22.1. The molecule has 1 aromatic carbocycles. The molecule has 0 saturated carbocycles. The fraction of sp³-hybridized carbons (Fsp3) is 0.480. The molecule has 7 heteroatoms. The molecule has 1 amide bonds. The quantitative estimate of drug-likeness (QED) is 0.647. The molecule has 1 atom stereocenters. The minimum atomic E-state index is 0.206. The maximum atomic E-state index is 13.1. The first kappa shape index (κ1) is 20.9. The van der Waals surface area contributed by atoms with Gasteiger partial charge in [0.05, 0.1) is 5.69 Å². The summed E-state index contributed by atoms with van der Waals surface area (Å²) >= 11 is 0. The average molecular weight is 433 g/mol. The van der Waals surface area contributed by atoms with Gasteiger partial charge in [0.15, 0.2) is 0 Å². The van der Waals surface area contributed by atoms with Gasteiger partial charge >= 0.3 is 0 Å². The number of piperidine rings is 1. The van der Waals surface area contributed by atoms with E-state index in [-0.39, 0.29) is 11.8 Å². The van der Waals surface area contributed by atoms with E-state index in [9.17, 15) is 4.79 Å². The smallest absolute Gasteiger partial charge is 0.222 e. The fourth-order valence-electron chi connectivity index (χ4n) is 5.11. The number of aromatic nitrogens is 3. The van der Waals surface area contributed by atoms with Crippen molar-refractivity contribution < 1.29 is 4.79 Å². The first-order chi connectivity index (χ1) is 15.6. The van der Waals surface area contributed by atoms with Gasteiger partial charge in [0.1, 0.15) is 11.6 Å². The molecule has 0 aliphatic carbocycles. The number of benzene rings is 1. The monoisotopic (exact) mass is 432 g/mol. The predicted molar refractivity (Wildman–Crippen MR) is 127 cm³/mol. The Morgan fingerprint density at radius 3 is 3.00 bits per heavy atom.